The minimum Gasteiger partial charge on any atom is -0.383 e. The van der Waals surface area contributed by atoms with Crippen molar-refractivity contribution in [3.05, 3.63) is 39.4 Å². The highest BCUT2D eigenvalue weighted by Gasteiger charge is 2.47. The van der Waals surface area contributed by atoms with Crippen molar-refractivity contribution >= 4 is 23.4 Å². The van der Waals surface area contributed by atoms with E-state index < -0.39 is 5.82 Å². The normalized spacial score (nSPS) is 23.7. The molecule has 2 aliphatic rings. The molecule has 2 aliphatic heterocycles. The van der Waals surface area contributed by atoms with Crippen LogP contribution in [0.2, 0.25) is 5.02 Å². The largest absolute Gasteiger partial charge is 0.383 e. The van der Waals surface area contributed by atoms with Gasteiger partial charge in [0.1, 0.15) is 11.6 Å². The molecule has 0 saturated carbocycles. The number of nitrogens with two attached hydrogens (primary N) is 2. The molecule has 9 heteroatoms. The first-order valence-corrected chi connectivity index (χ1v) is 10.1. The van der Waals surface area contributed by atoms with Crippen LogP contribution in [-0.4, -0.2) is 41.4 Å². The summed E-state index contributed by atoms with van der Waals surface area (Å²) in [5.41, 5.74) is 12.9. The fourth-order valence-corrected chi connectivity index (χ4v) is 4.62. The van der Waals surface area contributed by atoms with Gasteiger partial charge in [0.2, 0.25) is 5.95 Å². The summed E-state index contributed by atoms with van der Waals surface area (Å²) in [4.78, 5) is 19.6. The van der Waals surface area contributed by atoms with Gasteiger partial charge in [-0.15, -0.1) is 0 Å². The third-order valence-electron chi connectivity index (χ3n) is 6.39. The van der Waals surface area contributed by atoms with Gasteiger partial charge in [0.05, 0.1) is 23.3 Å². The molecular weight excluding hydrogens is 397 g/mol. The third-order valence-corrected chi connectivity index (χ3v) is 6.68. The van der Waals surface area contributed by atoms with Crippen molar-refractivity contribution in [1.29, 1.82) is 0 Å². The topological polar surface area (TPSA) is 99.4 Å². The van der Waals surface area contributed by atoms with Gasteiger partial charge in [-0.25, -0.2) is 4.39 Å². The molecule has 0 aliphatic carbocycles. The Morgan fingerprint density at radius 1 is 1.34 bits per heavy atom. The highest BCUT2D eigenvalue weighted by atomic mass is 35.5. The predicted molar refractivity (Wildman–Crippen MR) is 112 cm³/mol. The van der Waals surface area contributed by atoms with Crippen molar-refractivity contribution < 1.29 is 9.13 Å². The van der Waals surface area contributed by atoms with Gasteiger partial charge in [0, 0.05) is 31.6 Å². The Kier molecular flexibility index (Phi) is 5.04. The van der Waals surface area contributed by atoms with Crippen molar-refractivity contribution in [2.45, 2.75) is 31.9 Å². The lowest BCUT2D eigenvalue weighted by Gasteiger charge is -2.41. The average Bonchev–Trinajstić information content (AvgIpc) is 2.97. The highest BCUT2D eigenvalue weighted by Crippen LogP contribution is 2.41. The standard InChI is InChI=1S/C20H25ClFN5O2/c1-11-16(23)20(10-29-11)5-7-27(8-6-20)19-25-17(24)15(18(28)26(19)2)12-3-4-14(22)13(21)9-12/h3-4,9,11,16H,5-8,10,23-24H2,1-2H3/t11-,16+/m0/s1. The van der Waals surface area contributed by atoms with E-state index in [-0.39, 0.29) is 39.5 Å². The van der Waals surface area contributed by atoms with Gasteiger partial charge in [-0.05, 0) is 37.5 Å². The maximum absolute atomic E-state index is 13.5. The molecule has 2 aromatic rings. The van der Waals surface area contributed by atoms with Gasteiger partial charge < -0.3 is 21.1 Å². The van der Waals surface area contributed by atoms with E-state index in [1.165, 1.54) is 22.8 Å². The Bertz CT molecular complexity index is 1000. The van der Waals surface area contributed by atoms with Crippen LogP contribution in [0.3, 0.4) is 0 Å². The molecule has 7 nitrogen and oxygen atoms in total. The number of nitrogens with zero attached hydrogens (tertiary/aromatic N) is 3. The molecule has 1 spiro atoms. The van der Waals surface area contributed by atoms with Crippen LogP contribution in [0.15, 0.2) is 23.0 Å². The second kappa shape index (κ2) is 7.27. The Morgan fingerprint density at radius 2 is 2.03 bits per heavy atom. The Balaban J connectivity index is 1.63. The van der Waals surface area contributed by atoms with Crippen LogP contribution < -0.4 is 21.9 Å². The first kappa shape index (κ1) is 20.1. The van der Waals surface area contributed by atoms with E-state index in [9.17, 15) is 9.18 Å². The quantitative estimate of drug-likeness (QED) is 0.770. The number of hydrogen-bond donors (Lipinski definition) is 2. The molecule has 0 radical (unpaired) electrons. The zero-order valence-corrected chi connectivity index (χ0v) is 17.2. The molecule has 1 aromatic carbocycles. The van der Waals surface area contributed by atoms with Gasteiger partial charge in [-0.1, -0.05) is 17.7 Å². The molecule has 4 rings (SSSR count). The first-order valence-electron chi connectivity index (χ1n) is 9.67. The summed E-state index contributed by atoms with van der Waals surface area (Å²) in [7, 11) is 1.66. The Labute approximate surface area is 173 Å². The van der Waals surface area contributed by atoms with Gasteiger partial charge in [-0.3, -0.25) is 9.36 Å². The van der Waals surface area contributed by atoms with Gasteiger partial charge in [-0.2, -0.15) is 4.98 Å². The van der Waals surface area contributed by atoms with Crippen molar-refractivity contribution in [1.82, 2.24) is 9.55 Å². The molecule has 0 bridgehead atoms. The van der Waals surface area contributed by atoms with Crippen LogP contribution in [-0.2, 0) is 11.8 Å². The van der Waals surface area contributed by atoms with E-state index in [1.54, 1.807) is 7.05 Å². The summed E-state index contributed by atoms with van der Waals surface area (Å²) in [5, 5.41) is -0.0706. The number of halogens is 2. The van der Waals surface area contributed by atoms with Crippen molar-refractivity contribution in [3.8, 4) is 11.1 Å². The van der Waals surface area contributed by atoms with Crippen molar-refractivity contribution in [2.75, 3.05) is 30.3 Å². The summed E-state index contributed by atoms with van der Waals surface area (Å²) in [6.07, 6.45) is 1.79. The maximum atomic E-state index is 13.5. The van der Waals surface area contributed by atoms with E-state index in [0.717, 1.165) is 12.8 Å². The molecule has 2 atom stereocenters. The number of benzene rings is 1. The van der Waals surface area contributed by atoms with E-state index in [2.05, 4.69) is 9.88 Å². The Morgan fingerprint density at radius 3 is 2.62 bits per heavy atom. The van der Waals surface area contributed by atoms with Crippen molar-refractivity contribution in [3.63, 3.8) is 0 Å². The van der Waals surface area contributed by atoms with E-state index in [0.29, 0.717) is 31.2 Å². The van der Waals surface area contributed by atoms with E-state index >= 15 is 0 Å². The minimum absolute atomic E-state index is 0.0112. The summed E-state index contributed by atoms with van der Waals surface area (Å²) in [6.45, 7) is 4.11. The lowest BCUT2D eigenvalue weighted by atomic mass is 9.73. The molecule has 2 saturated heterocycles. The number of ether oxygens (including phenoxy) is 1. The summed E-state index contributed by atoms with van der Waals surface area (Å²) < 4.78 is 20.7. The van der Waals surface area contributed by atoms with Crippen molar-refractivity contribution in [2.24, 2.45) is 18.2 Å². The van der Waals surface area contributed by atoms with Crippen LogP contribution in [0.4, 0.5) is 16.2 Å². The first-order chi connectivity index (χ1) is 13.7. The zero-order chi connectivity index (χ0) is 20.9. The fraction of sp³-hybridized carbons (Fsp3) is 0.500. The summed E-state index contributed by atoms with van der Waals surface area (Å²) in [6, 6.07) is 4.08. The van der Waals surface area contributed by atoms with E-state index in [1.807, 2.05) is 6.92 Å². The molecule has 29 heavy (non-hydrogen) atoms. The lowest BCUT2D eigenvalue weighted by molar-refractivity contribution is 0.0973. The molecule has 3 heterocycles. The number of aromatic nitrogens is 2. The second-order valence-electron chi connectivity index (χ2n) is 8.06. The fourth-order valence-electron chi connectivity index (χ4n) is 4.44. The molecule has 1 aromatic heterocycles. The van der Waals surface area contributed by atoms with Gasteiger partial charge >= 0.3 is 0 Å². The number of rotatable bonds is 2. The van der Waals surface area contributed by atoms with E-state index in [4.69, 9.17) is 27.8 Å². The number of hydrogen-bond acceptors (Lipinski definition) is 6. The number of piperidine rings is 1. The molecule has 0 unspecified atom stereocenters. The monoisotopic (exact) mass is 421 g/mol. The van der Waals surface area contributed by atoms with Crippen LogP contribution in [0.5, 0.6) is 0 Å². The number of anilines is 2. The molecule has 156 valence electrons. The summed E-state index contributed by atoms with van der Waals surface area (Å²) in [5.74, 6) is 0.0569. The van der Waals surface area contributed by atoms with Crippen LogP contribution in [0.1, 0.15) is 19.8 Å². The highest BCUT2D eigenvalue weighted by molar-refractivity contribution is 6.31. The molecule has 2 fully saturated rings. The third kappa shape index (κ3) is 3.29. The smallest absolute Gasteiger partial charge is 0.264 e. The molecule has 4 N–H and O–H groups in total. The summed E-state index contributed by atoms with van der Waals surface area (Å²) >= 11 is 5.87. The molecule has 0 amide bonds. The van der Waals surface area contributed by atoms with Gasteiger partial charge in [0.25, 0.3) is 5.56 Å². The second-order valence-corrected chi connectivity index (χ2v) is 8.46. The maximum Gasteiger partial charge on any atom is 0.264 e. The van der Waals surface area contributed by atoms with Crippen LogP contribution >= 0.6 is 11.6 Å². The Hall–Kier alpha value is -2.16. The number of nitrogen functional groups attached to an aromatic ring is 1. The SMILES string of the molecule is C[C@@H]1OCC2(CCN(c3nc(N)c(-c4ccc(F)c(Cl)c4)c(=O)n3C)CC2)[C@@H]1N. The zero-order valence-electron chi connectivity index (χ0n) is 16.5. The van der Waals surface area contributed by atoms with Gasteiger partial charge in [0.15, 0.2) is 0 Å². The average molecular weight is 422 g/mol. The molecular formula is C20H25ClFN5O2. The lowest BCUT2D eigenvalue weighted by Crippen LogP contribution is -2.51. The van der Waals surface area contributed by atoms with Crippen LogP contribution in [0, 0.1) is 11.2 Å². The minimum atomic E-state index is -0.555. The van der Waals surface area contributed by atoms with Crippen LogP contribution in [0.25, 0.3) is 11.1 Å². The predicted octanol–water partition coefficient (Wildman–Crippen LogP) is 2.15.